The highest BCUT2D eigenvalue weighted by molar-refractivity contribution is 8.15. The third kappa shape index (κ3) is 6.39. The minimum Gasteiger partial charge on any atom is -0.481 e. The predicted molar refractivity (Wildman–Crippen MR) is 125 cm³/mol. The molecule has 0 aromatic heterocycles. The average Bonchev–Trinajstić information content (AvgIpc) is 3.07. The van der Waals surface area contributed by atoms with Crippen molar-refractivity contribution < 1.29 is 24.4 Å². The number of carbonyl (C=O) groups is 2. The number of amidine groups is 1. The largest absolute Gasteiger partial charge is 0.481 e. The van der Waals surface area contributed by atoms with Gasteiger partial charge in [-0.25, -0.2) is 0 Å². The van der Waals surface area contributed by atoms with Crippen molar-refractivity contribution in [3.8, 4) is 11.5 Å². The average molecular weight is 471 g/mol. The second-order valence-corrected chi connectivity index (χ2v) is 9.39. The number of ether oxygens (including phenoxy) is 1. The molecule has 1 unspecified atom stereocenters. The standard InChI is InChI=1S/C22H22N4O6S/c1-22(2,3)14-4-7-16(8-5-14)32-17-9-6-15(26(30)31)10-13(17)12-23-25-21-24-20(29)18(33-21)11-19(27)28/h4-10,12,18H,11H2,1-3H3,(H,27,28)(H,24,25,29). The van der Waals surface area contributed by atoms with E-state index >= 15 is 0 Å². The molecule has 0 saturated carbocycles. The highest BCUT2D eigenvalue weighted by atomic mass is 32.2. The number of nitrogens with zero attached hydrogens (tertiary/aromatic N) is 3. The Morgan fingerprint density at radius 1 is 1.27 bits per heavy atom. The summed E-state index contributed by atoms with van der Waals surface area (Å²) >= 11 is 0.956. The second kappa shape index (κ2) is 9.82. The third-order valence-electron chi connectivity index (χ3n) is 4.63. The van der Waals surface area contributed by atoms with Gasteiger partial charge in [0, 0.05) is 17.7 Å². The topological polar surface area (TPSA) is 143 Å². The first-order valence-corrected chi connectivity index (χ1v) is 10.8. The van der Waals surface area contributed by atoms with Crippen LogP contribution in [-0.4, -0.2) is 38.5 Å². The van der Waals surface area contributed by atoms with Crippen molar-refractivity contribution in [2.24, 2.45) is 10.2 Å². The molecular weight excluding hydrogens is 448 g/mol. The third-order valence-corrected chi connectivity index (χ3v) is 5.71. The van der Waals surface area contributed by atoms with E-state index in [-0.39, 0.29) is 22.7 Å². The molecule has 0 spiro atoms. The van der Waals surface area contributed by atoms with Gasteiger partial charge in [0.1, 0.15) is 16.7 Å². The van der Waals surface area contributed by atoms with Gasteiger partial charge in [-0.2, -0.15) is 5.10 Å². The normalized spacial score (nSPS) is 17.4. The van der Waals surface area contributed by atoms with Crippen LogP contribution in [0.25, 0.3) is 0 Å². The maximum absolute atomic E-state index is 11.8. The van der Waals surface area contributed by atoms with E-state index in [1.54, 1.807) is 0 Å². The van der Waals surface area contributed by atoms with E-state index in [0.29, 0.717) is 17.1 Å². The molecule has 11 heteroatoms. The highest BCUT2D eigenvalue weighted by Gasteiger charge is 2.32. The van der Waals surface area contributed by atoms with Gasteiger partial charge in [-0.15, -0.1) is 5.10 Å². The first-order chi connectivity index (χ1) is 15.5. The van der Waals surface area contributed by atoms with Crippen LogP contribution in [0, 0.1) is 10.1 Å². The van der Waals surface area contributed by atoms with Crippen LogP contribution in [0.1, 0.15) is 38.3 Å². The summed E-state index contributed by atoms with van der Waals surface area (Å²) in [4.78, 5) is 33.3. The van der Waals surface area contributed by atoms with E-state index in [4.69, 9.17) is 9.84 Å². The maximum Gasteiger partial charge on any atom is 0.305 e. The van der Waals surface area contributed by atoms with Gasteiger partial charge in [0.15, 0.2) is 5.17 Å². The number of aliphatic carboxylic acids is 1. The predicted octanol–water partition coefficient (Wildman–Crippen LogP) is 4.08. The quantitative estimate of drug-likeness (QED) is 0.352. The number of carboxylic acid groups (broad SMARTS) is 1. The number of carbonyl (C=O) groups excluding carboxylic acids is 1. The van der Waals surface area contributed by atoms with Crippen LogP contribution in [0.2, 0.25) is 0 Å². The Morgan fingerprint density at radius 2 is 1.97 bits per heavy atom. The summed E-state index contributed by atoms with van der Waals surface area (Å²) in [5, 5.41) is 29.6. The minimum absolute atomic E-state index is 0.0139. The summed E-state index contributed by atoms with van der Waals surface area (Å²) in [6, 6.07) is 11.6. The number of benzene rings is 2. The van der Waals surface area contributed by atoms with Crippen molar-refractivity contribution >= 4 is 40.7 Å². The smallest absolute Gasteiger partial charge is 0.305 e. The van der Waals surface area contributed by atoms with Gasteiger partial charge in [-0.1, -0.05) is 44.7 Å². The summed E-state index contributed by atoms with van der Waals surface area (Å²) in [6.45, 7) is 6.30. The van der Waals surface area contributed by atoms with Gasteiger partial charge in [-0.05, 0) is 29.2 Å². The Morgan fingerprint density at radius 3 is 2.58 bits per heavy atom. The van der Waals surface area contributed by atoms with Crippen molar-refractivity contribution in [3.63, 3.8) is 0 Å². The lowest BCUT2D eigenvalue weighted by Gasteiger charge is -2.19. The fourth-order valence-electron chi connectivity index (χ4n) is 2.88. The molecule has 1 amide bonds. The summed E-state index contributed by atoms with van der Waals surface area (Å²) < 4.78 is 5.91. The van der Waals surface area contributed by atoms with E-state index in [9.17, 15) is 19.7 Å². The molecule has 3 rings (SSSR count). The Kier molecular flexibility index (Phi) is 7.12. The molecule has 0 radical (unpaired) electrons. The molecule has 33 heavy (non-hydrogen) atoms. The molecule has 2 aromatic carbocycles. The number of nitrogens with one attached hydrogen (secondary N) is 1. The molecule has 1 atom stereocenters. The van der Waals surface area contributed by atoms with Crippen LogP contribution in [0.5, 0.6) is 11.5 Å². The van der Waals surface area contributed by atoms with Gasteiger partial charge in [0.25, 0.3) is 5.69 Å². The fourth-order valence-corrected chi connectivity index (χ4v) is 3.80. The first kappa shape index (κ1) is 23.9. The molecule has 0 aliphatic carbocycles. The highest BCUT2D eigenvalue weighted by Crippen LogP contribution is 2.30. The molecule has 10 nitrogen and oxygen atoms in total. The first-order valence-electron chi connectivity index (χ1n) is 9.90. The van der Waals surface area contributed by atoms with Crippen molar-refractivity contribution in [1.82, 2.24) is 5.32 Å². The molecule has 2 aromatic rings. The van der Waals surface area contributed by atoms with Gasteiger partial charge in [0.2, 0.25) is 5.91 Å². The minimum atomic E-state index is -1.10. The van der Waals surface area contributed by atoms with Crippen LogP contribution in [0.4, 0.5) is 5.69 Å². The molecule has 0 bridgehead atoms. The number of rotatable bonds is 7. The van der Waals surface area contributed by atoms with Crippen LogP contribution in [0.3, 0.4) is 0 Å². The number of thioether (sulfide) groups is 1. The van der Waals surface area contributed by atoms with E-state index in [0.717, 1.165) is 17.3 Å². The van der Waals surface area contributed by atoms with E-state index in [1.165, 1.54) is 24.4 Å². The van der Waals surface area contributed by atoms with Crippen LogP contribution < -0.4 is 10.1 Å². The number of carboxylic acids is 1. The molecule has 1 aliphatic heterocycles. The van der Waals surface area contributed by atoms with Crippen molar-refractivity contribution in [2.45, 2.75) is 37.9 Å². The van der Waals surface area contributed by atoms with Crippen LogP contribution >= 0.6 is 11.8 Å². The van der Waals surface area contributed by atoms with Crippen LogP contribution in [0.15, 0.2) is 52.7 Å². The zero-order valence-corrected chi connectivity index (χ0v) is 19.0. The monoisotopic (exact) mass is 470 g/mol. The number of nitro groups is 1. The molecule has 1 aliphatic rings. The lowest BCUT2D eigenvalue weighted by Crippen LogP contribution is -2.26. The molecule has 1 heterocycles. The number of hydrogen-bond acceptors (Lipinski definition) is 8. The number of nitro benzene ring substituents is 1. The van der Waals surface area contributed by atoms with E-state index in [1.807, 2.05) is 24.3 Å². The Hall–Kier alpha value is -3.73. The SMILES string of the molecule is CC(C)(C)c1ccc(Oc2ccc([N+](=O)[O-])cc2C=NN=C2NC(=O)C(CC(=O)O)S2)cc1. The van der Waals surface area contributed by atoms with Crippen molar-refractivity contribution in [1.29, 1.82) is 0 Å². The maximum atomic E-state index is 11.8. The van der Waals surface area contributed by atoms with Crippen molar-refractivity contribution in [2.75, 3.05) is 0 Å². The zero-order chi connectivity index (χ0) is 24.2. The zero-order valence-electron chi connectivity index (χ0n) is 18.1. The lowest BCUT2D eigenvalue weighted by molar-refractivity contribution is -0.384. The van der Waals surface area contributed by atoms with Gasteiger partial charge >= 0.3 is 5.97 Å². The van der Waals surface area contributed by atoms with Gasteiger partial charge < -0.3 is 15.2 Å². The molecule has 172 valence electrons. The molecule has 1 fully saturated rings. The van der Waals surface area contributed by atoms with E-state index in [2.05, 4.69) is 36.3 Å². The lowest BCUT2D eigenvalue weighted by atomic mass is 9.87. The summed E-state index contributed by atoms with van der Waals surface area (Å²) in [6.07, 6.45) is 0.937. The van der Waals surface area contributed by atoms with Gasteiger partial charge in [-0.3, -0.25) is 19.7 Å². The van der Waals surface area contributed by atoms with Gasteiger partial charge in [0.05, 0.1) is 17.6 Å². The summed E-state index contributed by atoms with van der Waals surface area (Å²) in [7, 11) is 0. The second-order valence-electron chi connectivity index (χ2n) is 8.20. The molecule has 2 N–H and O–H groups in total. The Bertz CT molecular complexity index is 1140. The Labute approximate surface area is 193 Å². The number of amides is 1. The van der Waals surface area contributed by atoms with E-state index < -0.39 is 22.0 Å². The fraction of sp³-hybridized carbons (Fsp3) is 0.273. The van der Waals surface area contributed by atoms with Crippen LogP contribution in [-0.2, 0) is 15.0 Å². The summed E-state index contributed by atoms with van der Waals surface area (Å²) in [5.41, 5.74) is 1.28. The number of hydrogen-bond donors (Lipinski definition) is 2. The molecule has 1 saturated heterocycles. The molecular formula is C22H22N4O6S. The summed E-state index contributed by atoms with van der Waals surface area (Å²) in [5.74, 6) is -0.677. The van der Waals surface area contributed by atoms with Crippen molar-refractivity contribution in [3.05, 3.63) is 63.7 Å². The number of non-ortho nitro benzene ring substituents is 1. The Balaban J connectivity index is 1.82.